The summed E-state index contributed by atoms with van der Waals surface area (Å²) in [5.41, 5.74) is 2.49. The van der Waals surface area contributed by atoms with Gasteiger partial charge in [0, 0.05) is 11.3 Å². The lowest BCUT2D eigenvalue weighted by atomic mass is 9.66. The molecule has 0 fully saturated rings. The van der Waals surface area contributed by atoms with Crippen LogP contribution in [-0.2, 0) is 4.79 Å². The van der Waals surface area contributed by atoms with Gasteiger partial charge in [-0.2, -0.15) is 0 Å². The fraction of sp³-hybridized carbons (Fsp3) is 0.643. The van der Waals surface area contributed by atoms with Crippen molar-refractivity contribution in [3.05, 3.63) is 23.3 Å². The van der Waals surface area contributed by atoms with Gasteiger partial charge in [0.25, 0.3) is 0 Å². The standard InChI is InChI=1S/C14H22O/c1-10(2)6-13-7-11(3)12(4)8-14(13,5)9-15/h6-7,9,12-13H,8H2,1-5H3/t12-,13+,14-/m0/s1. The van der Waals surface area contributed by atoms with E-state index in [1.54, 1.807) is 0 Å². The molecule has 1 rings (SSSR count). The third kappa shape index (κ3) is 2.58. The summed E-state index contributed by atoms with van der Waals surface area (Å²) in [5, 5.41) is 0. The molecule has 84 valence electrons. The van der Waals surface area contributed by atoms with Crippen molar-refractivity contribution in [1.29, 1.82) is 0 Å². The molecule has 0 aromatic carbocycles. The van der Waals surface area contributed by atoms with Crippen molar-refractivity contribution in [2.45, 2.75) is 41.0 Å². The van der Waals surface area contributed by atoms with E-state index in [0.29, 0.717) is 5.92 Å². The maximum Gasteiger partial charge on any atom is 0.126 e. The minimum atomic E-state index is -0.212. The highest BCUT2D eigenvalue weighted by Crippen LogP contribution is 2.42. The summed E-state index contributed by atoms with van der Waals surface area (Å²) in [6, 6.07) is 0. The zero-order chi connectivity index (χ0) is 11.6. The molecule has 1 aliphatic carbocycles. The maximum absolute atomic E-state index is 11.3. The van der Waals surface area contributed by atoms with Crippen LogP contribution in [0.5, 0.6) is 0 Å². The Labute approximate surface area is 93.3 Å². The van der Waals surface area contributed by atoms with E-state index in [9.17, 15) is 4.79 Å². The van der Waals surface area contributed by atoms with Crippen LogP contribution >= 0.6 is 0 Å². The first-order valence-electron chi connectivity index (χ1n) is 5.68. The monoisotopic (exact) mass is 206 g/mol. The van der Waals surface area contributed by atoms with Crippen LogP contribution in [-0.4, -0.2) is 6.29 Å². The van der Waals surface area contributed by atoms with Crippen LogP contribution < -0.4 is 0 Å². The third-order valence-corrected chi connectivity index (χ3v) is 3.51. The summed E-state index contributed by atoms with van der Waals surface area (Å²) in [6.07, 6.45) is 6.57. The van der Waals surface area contributed by atoms with Crippen molar-refractivity contribution in [2.24, 2.45) is 17.3 Å². The quantitative estimate of drug-likeness (QED) is 0.496. The molecule has 0 aromatic heterocycles. The highest BCUT2D eigenvalue weighted by atomic mass is 16.1. The van der Waals surface area contributed by atoms with E-state index >= 15 is 0 Å². The van der Waals surface area contributed by atoms with Crippen molar-refractivity contribution in [2.75, 3.05) is 0 Å². The lowest BCUT2D eigenvalue weighted by molar-refractivity contribution is -0.117. The molecule has 0 heterocycles. The number of carbonyl (C=O) groups excluding carboxylic acids is 1. The third-order valence-electron chi connectivity index (χ3n) is 3.51. The molecule has 1 nitrogen and oxygen atoms in total. The second-order valence-electron chi connectivity index (χ2n) is 5.41. The Balaban J connectivity index is 3.09. The van der Waals surface area contributed by atoms with Crippen LogP contribution in [0.2, 0.25) is 0 Å². The summed E-state index contributed by atoms with van der Waals surface area (Å²) in [4.78, 5) is 11.3. The van der Waals surface area contributed by atoms with Crippen LogP contribution in [0.4, 0.5) is 0 Å². The zero-order valence-corrected chi connectivity index (χ0v) is 10.5. The Morgan fingerprint density at radius 3 is 2.60 bits per heavy atom. The van der Waals surface area contributed by atoms with Gasteiger partial charge in [0.1, 0.15) is 6.29 Å². The molecule has 0 amide bonds. The van der Waals surface area contributed by atoms with E-state index in [4.69, 9.17) is 0 Å². The molecule has 15 heavy (non-hydrogen) atoms. The van der Waals surface area contributed by atoms with Crippen molar-refractivity contribution < 1.29 is 4.79 Å². The molecule has 0 aromatic rings. The zero-order valence-electron chi connectivity index (χ0n) is 10.5. The summed E-state index contributed by atoms with van der Waals surface area (Å²) in [6.45, 7) is 10.6. The minimum Gasteiger partial charge on any atom is -0.303 e. The lowest BCUT2D eigenvalue weighted by Gasteiger charge is -2.37. The Bertz CT molecular complexity index is 307. The first-order chi connectivity index (χ1) is 6.89. The Morgan fingerprint density at radius 1 is 1.53 bits per heavy atom. The van der Waals surface area contributed by atoms with E-state index in [1.165, 1.54) is 11.1 Å². The predicted octanol–water partition coefficient (Wildman–Crippen LogP) is 3.76. The van der Waals surface area contributed by atoms with Gasteiger partial charge in [-0.3, -0.25) is 0 Å². The highest BCUT2D eigenvalue weighted by Gasteiger charge is 2.36. The summed E-state index contributed by atoms with van der Waals surface area (Å²) >= 11 is 0. The van der Waals surface area contributed by atoms with Crippen LogP contribution in [0.15, 0.2) is 23.3 Å². The number of rotatable bonds is 2. The van der Waals surface area contributed by atoms with E-state index in [2.05, 4.69) is 46.8 Å². The van der Waals surface area contributed by atoms with Gasteiger partial charge in [0.2, 0.25) is 0 Å². The van der Waals surface area contributed by atoms with Gasteiger partial charge in [0.05, 0.1) is 0 Å². The van der Waals surface area contributed by atoms with E-state index < -0.39 is 0 Å². The Kier molecular flexibility index (Phi) is 3.54. The van der Waals surface area contributed by atoms with Crippen molar-refractivity contribution in [3.63, 3.8) is 0 Å². The molecule has 1 aliphatic rings. The van der Waals surface area contributed by atoms with E-state index in [1.807, 2.05) is 0 Å². The Hall–Kier alpha value is -0.850. The van der Waals surface area contributed by atoms with Gasteiger partial charge >= 0.3 is 0 Å². The molecule has 0 saturated heterocycles. The molecule has 0 aliphatic heterocycles. The van der Waals surface area contributed by atoms with Crippen molar-refractivity contribution >= 4 is 6.29 Å². The van der Waals surface area contributed by atoms with Crippen molar-refractivity contribution in [1.82, 2.24) is 0 Å². The van der Waals surface area contributed by atoms with Crippen LogP contribution in [0, 0.1) is 17.3 Å². The SMILES string of the molecule is CC(C)=C[C@@H]1C=C(C)[C@@H](C)C[C@@]1(C)C=O. The average Bonchev–Trinajstić information content (AvgIpc) is 2.13. The molecule has 3 atom stereocenters. The molecular formula is C14H22O. The smallest absolute Gasteiger partial charge is 0.126 e. The van der Waals surface area contributed by atoms with Crippen LogP contribution in [0.25, 0.3) is 0 Å². The van der Waals surface area contributed by atoms with E-state index in [0.717, 1.165) is 12.7 Å². The first kappa shape index (κ1) is 12.2. The maximum atomic E-state index is 11.3. The Morgan fingerprint density at radius 2 is 2.13 bits per heavy atom. The number of hydrogen-bond acceptors (Lipinski definition) is 1. The molecule has 0 unspecified atom stereocenters. The first-order valence-corrected chi connectivity index (χ1v) is 5.68. The molecule has 0 N–H and O–H groups in total. The van der Waals surface area contributed by atoms with Crippen LogP contribution in [0.3, 0.4) is 0 Å². The average molecular weight is 206 g/mol. The second kappa shape index (κ2) is 4.34. The molecule has 0 bridgehead atoms. The lowest BCUT2D eigenvalue weighted by Crippen LogP contribution is -2.33. The van der Waals surface area contributed by atoms with Gasteiger partial charge in [-0.15, -0.1) is 0 Å². The van der Waals surface area contributed by atoms with Gasteiger partial charge < -0.3 is 4.79 Å². The van der Waals surface area contributed by atoms with Gasteiger partial charge in [-0.25, -0.2) is 0 Å². The molecule has 0 saturated carbocycles. The molecule has 0 spiro atoms. The number of carbonyl (C=O) groups is 1. The predicted molar refractivity (Wildman–Crippen MR) is 64.6 cm³/mol. The van der Waals surface area contributed by atoms with Crippen LogP contribution in [0.1, 0.15) is 41.0 Å². The van der Waals surface area contributed by atoms with Gasteiger partial charge in [-0.1, -0.05) is 37.1 Å². The van der Waals surface area contributed by atoms with E-state index in [-0.39, 0.29) is 11.3 Å². The number of hydrogen-bond donors (Lipinski definition) is 0. The molecule has 1 heteroatoms. The molecular weight excluding hydrogens is 184 g/mol. The largest absolute Gasteiger partial charge is 0.303 e. The number of allylic oxidation sites excluding steroid dienone is 4. The summed E-state index contributed by atoms with van der Waals surface area (Å²) < 4.78 is 0. The van der Waals surface area contributed by atoms with Crippen molar-refractivity contribution in [3.8, 4) is 0 Å². The highest BCUT2D eigenvalue weighted by molar-refractivity contribution is 5.61. The summed E-state index contributed by atoms with van der Waals surface area (Å²) in [5.74, 6) is 0.804. The summed E-state index contributed by atoms with van der Waals surface area (Å²) in [7, 11) is 0. The minimum absolute atomic E-state index is 0.212. The molecule has 0 radical (unpaired) electrons. The number of aldehydes is 1. The van der Waals surface area contributed by atoms with Gasteiger partial charge in [-0.05, 0) is 33.1 Å². The fourth-order valence-corrected chi connectivity index (χ4v) is 2.32. The fourth-order valence-electron chi connectivity index (χ4n) is 2.32. The normalized spacial score (nSPS) is 35.7. The topological polar surface area (TPSA) is 17.1 Å². The second-order valence-corrected chi connectivity index (χ2v) is 5.41. The van der Waals surface area contributed by atoms with Gasteiger partial charge in [0.15, 0.2) is 0 Å².